The Bertz CT molecular complexity index is 1110. The van der Waals surface area contributed by atoms with Gasteiger partial charge in [-0.05, 0) is 56.4 Å². The number of carbonyl (C=O) groups is 2. The van der Waals surface area contributed by atoms with Crippen LogP contribution in [0.3, 0.4) is 0 Å². The minimum Gasteiger partial charge on any atom is -0.352 e. The van der Waals surface area contributed by atoms with Gasteiger partial charge in [-0.2, -0.15) is 0 Å². The van der Waals surface area contributed by atoms with Crippen molar-refractivity contribution in [2.75, 3.05) is 17.1 Å². The summed E-state index contributed by atoms with van der Waals surface area (Å²) in [5, 5.41) is 2.85. The Balaban J connectivity index is 2.47. The van der Waals surface area contributed by atoms with E-state index in [0.29, 0.717) is 5.69 Å². The van der Waals surface area contributed by atoms with Crippen molar-refractivity contribution in [2.24, 2.45) is 0 Å². The number of rotatable bonds is 10. The molecule has 0 saturated carbocycles. The van der Waals surface area contributed by atoms with Crippen LogP contribution in [0.25, 0.3) is 0 Å². The molecule has 0 aromatic heterocycles. The van der Waals surface area contributed by atoms with Crippen LogP contribution in [0.15, 0.2) is 48.5 Å². The van der Waals surface area contributed by atoms with E-state index in [1.807, 2.05) is 71.0 Å². The van der Waals surface area contributed by atoms with Gasteiger partial charge >= 0.3 is 0 Å². The summed E-state index contributed by atoms with van der Waals surface area (Å²) in [4.78, 5) is 27.9. The average Bonchev–Trinajstić information content (AvgIpc) is 2.75. The van der Waals surface area contributed by atoms with E-state index in [4.69, 9.17) is 0 Å². The Labute approximate surface area is 204 Å². The Kier molecular flexibility index (Phi) is 9.27. The first kappa shape index (κ1) is 27.4. The summed E-state index contributed by atoms with van der Waals surface area (Å²) >= 11 is 0. The highest BCUT2D eigenvalue weighted by Crippen LogP contribution is 2.29. The van der Waals surface area contributed by atoms with Gasteiger partial charge in [-0.15, -0.1) is 0 Å². The molecule has 0 spiro atoms. The lowest BCUT2D eigenvalue weighted by Crippen LogP contribution is -2.52. The lowest BCUT2D eigenvalue weighted by Gasteiger charge is -2.33. The molecular formula is C26H37N3O4S. The van der Waals surface area contributed by atoms with E-state index >= 15 is 0 Å². The number of nitrogens with zero attached hydrogens (tertiary/aromatic N) is 2. The van der Waals surface area contributed by atoms with Crippen LogP contribution < -0.4 is 9.62 Å². The third kappa shape index (κ3) is 7.06. The van der Waals surface area contributed by atoms with Crippen molar-refractivity contribution in [3.05, 3.63) is 65.2 Å². The fourth-order valence-corrected chi connectivity index (χ4v) is 4.62. The van der Waals surface area contributed by atoms with Crippen LogP contribution in [0.5, 0.6) is 0 Å². The molecule has 1 unspecified atom stereocenters. The van der Waals surface area contributed by atoms with Gasteiger partial charge in [0.15, 0.2) is 0 Å². The maximum absolute atomic E-state index is 13.6. The summed E-state index contributed by atoms with van der Waals surface area (Å²) in [6.45, 7) is 11.1. The average molecular weight is 488 g/mol. The molecule has 2 rings (SSSR count). The number of nitrogens with one attached hydrogen (secondary N) is 1. The monoisotopic (exact) mass is 487 g/mol. The number of carbonyl (C=O) groups excluding carboxylic acids is 2. The summed E-state index contributed by atoms with van der Waals surface area (Å²) in [5.74, 6) is -0.668. The Hall–Kier alpha value is -2.87. The van der Waals surface area contributed by atoms with Crippen LogP contribution in [0, 0.1) is 6.92 Å². The zero-order chi connectivity index (χ0) is 25.6. The molecular weight excluding hydrogens is 450 g/mol. The zero-order valence-corrected chi connectivity index (χ0v) is 22.0. The van der Waals surface area contributed by atoms with Crippen LogP contribution in [0.2, 0.25) is 0 Å². The van der Waals surface area contributed by atoms with Crippen molar-refractivity contribution >= 4 is 27.5 Å². The van der Waals surface area contributed by atoms with Crippen molar-refractivity contribution in [1.82, 2.24) is 10.2 Å². The van der Waals surface area contributed by atoms with Gasteiger partial charge in [0, 0.05) is 12.6 Å². The third-order valence-corrected chi connectivity index (χ3v) is 6.83. The number of benzene rings is 2. The number of anilines is 1. The van der Waals surface area contributed by atoms with Crippen molar-refractivity contribution in [3.8, 4) is 0 Å². The summed E-state index contributed by atoms with van der Waals surface area (Å²) < 4.78 is 26.7. The first-order valence-electron chi connectivity index (χ1n) is 11.5. The smallest absolute Gasteiger partial charge is 0.244 e. The van der Waals surface area contributed by atoms with E-state index < -0.39 is 28.5 Å². The molecule has 0 radical (unpaired) electrons. The second-order valence-corrected chi connectivity index (χ2v) is 11.2. The van der Waals surface area contributed by atoms with Gasteiger partial charge in [0.1, 0.15) is 12.6 Å². The van der Waals surface area contributed by atoms with Crippen molar-refractivity contribution < 1.29 is 18.0 Å². The molecule has 0 saturated heterocycles. The second-order valence-electron chi connectivity index (χ2n) is 9.27. The van der Waals surface area contributed by atoms with Gasteiger partial charge in [0.05, 0.1) is 11.9 Å². The van der Waals surface area contributed by atoms with Crippen molar-refractivity contribution in [1.29, 1.82) is 0 Å². The second kappa shape index (κ2) is 11.5. The first-order valence-corrected chi connectivity index (χ1v) is 13.4. The molecule has 1 atom stereocenters. The molecule has 0 aliphatic carbocycles. The molecule has 7 nitrogen and oxygen atoms in total. The molecule has 0 aliphatic rings. The molecule has 0 heterocycles. The number of aryl methyl sites for hydroxylation is 1. The van der Waals surface area contributed by atoms with Gasteiger partial charge in [0.25, 0.3) is 0 Å². The van der Waals surface area contributed by atoms with E-state index in [9.17, 15) is 18.0 Å². The van der Waals surface area contributed by atoms with E-state index in [0.717, 1.165) is 27.3 Å². The predicted octanol–water partition coefficient (Wildman–Crippen LogP) is 3.83. The molecule has 2 aromatic rings. The fourth-order valence-electron chi connectivity index (χ4n) is 3.76. The van der Waals surface area contributed by atoms with Gasteiger partial charge in [-0.1, -0.05) is 56.3 Å². The van der Waals surface area contributed by atoms with Gasteiger partial charge in [-0.3, -0.25) is 13.9 Å². The lowest BCUT2D eigenvalue weighted by atomic mass is 10.0. The molecule has 8 heteroatoms. The molecule has 0 aliphatic heterocycles. The summed E-state index contributed by atoms with van der Waals surface area (Å²) in [5.41, 5.74) is 3.19. The predicted molar refractivity (Wildman–Crippen MR) is 137 cm³/mol. The van der Waals surface area contributed by atoms with Crippen molar-refractivity contribution in [2.45, 2.75) is 66.1 Å². The van der Waals surface area contributed by atoms with Crippen LogP contribution >= 0.6 is 0 Å². The topological polar surface area (TPSA) is 86.8 Å². The lowest BCUT2D eigenvalue weighted by molar-refractivity contribution is -0.139. The quantitative estimate of drug-likeness (QED) is 0.552. The minimum absolute atomic E-state index is 0.0642. The highest BCUT2D eigenvalue weighted by molar-refractivity contribution is 7.92. The Morgan fingerprint density at radius 2 is 1.53 bits per heavy atom. The highest BCUT2D eigenvalue weighted by Gasteiger charge is 2.31. The zero-order valence-electron chi connectivity index (χ0n) is 21.2. The maximum Gasteiger partial charge on any atom is 0.244 e. The largest absolute Gasteiger partial charge is 0.352 e. The normalized spacial score (nSPS) is 12.5. The van der Waals surface area contributed by atoms with E-state index in [1.165, 1.54) is 4.90 Å². The number of sulfonamides is 1. The van der Waals surface area contributed by atoms with Crippen LogP contribution in [-0.2, 0) is 26.2 Å². The SMILES string of the molecule is Cc1ccccc1CN(C(=O)CN(c1ccccc1C(C)C)S(C)(=O)=O)C(C)C(=O)NC(C)C. The third-order valence-electron chi connectivity index (χ3n) is 5.71. The number of hydrogen-bond donors (Lipinski definition) is 1. The van der Waals surface area contributed by atoms with Gasteiger partial charge in [0.2, 0.25) is 21.8 Å². The van der Waals surface area contributed by atoms with E-state index in [1.54, 1.807) is 19.1 Å². The van der Waals surface area contributed by atoms with Crippen molar-refractivity contribution in [3.63, 3.8) is 0 Å². The van der Waals surface area contributed by atoms with E-state index in [2.05, 4.69) is 5.32 Å². The Morgan fingerprint density at radius 1 is 0.941 bits per heavy atom. The van der Waals surface area contributed by atoms with E-state index in [-0.39, 0.29) is 24.4 Å². The Morgan fingerprint density at radius 3 is 2.09 bits per heavy atom. The standard InChI is InChI=1S/C26H37N3O4S/c1-18(2)23-14-10-11-15-24(23)29(34(7,32)33)17-25(30)28(21(6)26(31)27-19(3)4)16-22-13-9-8-12-20(22)5/h8-15,18-19,21H,16-17H2,1-7H3,(H,27,31). The molecule has 34 heavy (non-hydrogen) atoms. The molecule has 0 fully saturated rings. The van der Waals surface area contributed by atoms with Crippen LogP contribution in [0.1, 0.15) is 57.2 Å². The fraction of sp³-hybridized carbons (Fsp3) is 0.462. The van der Waals surface area contributed by atoms with Gasteiger partial charge in [-0.25, -0.2) is 8.42 Å². The van der Waals surface area contributed by atoms with Gasteiger partial charge < -0.3 is 10.2 Å². The number of amides is 2. The summed E-state index contributed by atoms with van der Waals surface area (Å²) in [7, 11) is -3.76. The first-order chi connectivity index (χ1) is 15.8. The van der Waals surface area contributed by atoms with Crippen LogP contribution in [0.4, 0.5) is 5.69 Å². The molecule has 2 aromatic carbocycles. The summed E-state index contributed by atoms with van der Waals surface area (Å²) in [6.07, 6.45) is 1.10. The minimum atomic E-state index is -3.76. The number of para-hydroxylation sites is 1. The molecule has 0 bridgehead atoms. The molecule has 2 amide bonds. The summed E-state index contributed by atoms with van der Waals surface area (Å²) in [6, 6.07) is 14.0. The maximum atomic E-state index is 13.6. The number of hydrogen-bond acceptors (Lipinski definition) is 4. The van der Waals surface area contributed by atoms with Crippen LogP contribution in [-0.4, -0.2) is 50.0 Å². The molecule has 186 valence electrons. The highest BCUT2D eigenvalue weighted by atomic mass is 32.2. The molecule has 1 N–H and O–H groups in total.